The summed E-state index contributed by atoms with van der Waals surface area (Å²) in [7, 11) is 0. The first-order valence-corrected chi connectivity index (χ1v) is 10.8. The molecule has 0 unspecified atom stereocenters. The van der Waals surface area contributed by atoms with Gasteiger partial charge in [0.15, 0.2) is 5.66 Å². The number of nitrogens with zero attached hydrogens (tertiary/aromatic N) is 2. The van der Waals surface area contributed by atoms with Gasteiger partial charge in [0, 0.05) is 25.8 Å². The molecular weight excluding hydrogens is 322 g/mol. The topological polar surface area (TPSA) is 53.8 Å². The van der Waals surface area contributed by atoms with Gasteiger partial charge in [-0.15, -0.1) is 12.3 Å². The van der Waals surface area contributed by atoms with E-state index in [9.17, 15) is 4.79 Å². The number of rotatable bonds is 18. The summed E-state index contributed by atoms with van der Waals surface area (Å²) in [5.74, 6) is 2.88. The molecule has 0 spiro atoms. The second-order valence-corrected chi connectivity index (χ2v) is 7.82. The molecule has 0 radical (unpaired) electrons. The molecule has 26 heavy (non-hydrogen) atoms. The number of amides is 1. The summed E-state index contributed by atoms with van der Waals surface area (Å²) in [4.78, 5) is 11.7. The van der Waals surface area contributed by atoms with Gasteiger partial charge in [0.05, 0.1) is 0 Å². The molecule has 1 amide bonds. The number of carbonyl (C=O) groups excluding carboxylic acids is 1. The molecule has 4 nitrogen and oxygen atoms in total. The van der Waals surface area contributed by atoms with Crippen molar-refractivity contribution < 1.29 is 4.79 Å². The minimum Gasteiger partial charge on any atom is -0.356 e. The lowest BCUT2D eigenvalue weighted by molar-refractivity contribution is -0.121. The largest absolute Gasteiger partial charge is 0.356 e. The van der Waals surface area contributed by atoms with Crippen LogP contribution in [0.4, 0.5) is 0 Å². The monoisotopic (exact) mass is 361 g/mol. The maximum absolute atomic E-state index is 11.7. The first-order valence-electron chi connectivity index (χ1n) is 10.8. The first-order chi connectivity index (χ1) is 12.7. The van der Waals surface area contributed by atoms with Crippen molar-refractivity contribution >= 4 is 5.91 Å². The number of unbranched alkanes of at least 4 members (excludes halogenated alkanes) is 13. The molecule has 0 bridgehead atoms. The molecule has 1 N–H and O–H groups in total. The lowest BCUT2D eigenvalue weighted by Gasteiger charge is -2.06. The minimum atomic E-state index is -0.199. The van der Waals surface area contributed by atoms with Crippen LogP contribution < -0.4 is 5.32 Å². The SMILES string of the molecule is C#CCCCCCCCCCCCCCCCC(=O)NCCC1(C)N=N1. The van der Waals surface area contributed by atoms with Crippen LogP contribution in [0.15, 0.2) is 10.2 Å². The Bertz CT molecular complexity index is 433. The van der Waals surface area contributed by atoms with E-state index in [1.165, 1.54) is 77.0 Å². The average molecular weight is 362 g/mol. The number of terminal acetylenes is 1. The summed E-state index contributed by atoms with van der Waals surface area (Å²) in [5.41, 5.74) is -0.199. The molecule has 0 fully saturated rings. The third kappa shape index (κ3) is 13.9. The Morgan fingerprint density at radius 1 is 0.846 bits per heavy atom. The summed E-state index contributed by atoms with van der Waals surface area (Å²) in [5, 5.41) is 10.8. The zero-order valence-electron chi connectivity index (χ0n) is 16.9. The van der Waals surface area contributed by atoms with E-state index in [1.54, 1.807) is 0 Å². The molecule has 1 aliphatic rings. The minimum absolute atomic E-state index is 0.175. The Kier molecular flexibility index (Phi) is 12.9. The fourth-order valence-corrected chi connectivity index (χ4v) is 3.17. The summed E-state index contributed by atoms with van der Waals surface area (Å²) in [6.45, 7) is 2.68. The van der Waals surface area contributed by atoms with Crippen molar-refractivity contribution in [2.45, 2.75) is 115 Å². The van der Waals surface area contributed by atoms with E-state index in [0.29, 0.717) is 13.0 Å². The Balaban J connectivity index is 1.70. The Hall–Kier alpha value is -1.37. The van der Waals surface area contributed by atoms with Crippen molar-refractivity contribution in [3.63, 3.8) is 0 Å². The van der Waals surface area contributed by atoms with E-state index in [4.69, 9.17) is 6.42 Å². The summed E-state index contributed by atoms with van der Waals surface area (Å²) in [6, 6.07) is 0. The number of carbonyl (C=O) groups is 1. The van der Waals surface area contributed by atoms with Crippen molar-refractivity contribution in [3.05, 3.63) is 0 Å². The summed E-state index contributed by atoms with van der Waals surface area (Å²) in [6.07, 6.45) is 24.5. The molecule has 0 aromatic carbocycles. The van der Waals surface area contributed by atoms with Crippen LogP contribution in [-0.2, 0) is 4.79 Å². The van der Waals surface area contributed by atoms with Crippen LogP contribution in [0.25, 0.3) is 0 Å². The van der Waals surface area contributed by atoms with Gasteiger partial charge >= 0.3 is 0 Å². The molecule has 1 aliphatic heterocycles. The van der Waals surface area contributed by atoms with Crippen molar-refractivity contribution in [2.75, 3.05) is 6.54 Å². The fraction of sp³-hybridized carbons (Fsp3) is 0.864. The normalized spacial score (nSPS) is 14.2. The zero-order valence-corrected chi connectivity index (χ0v) is 16.9. The molecular formula is C22H39N3O. The Morgan fingerprint density at radius 2 is 1.31 bits per heavy atom. The van der Waals surface area contributed by atoms with Crippen molar-refractivity contribution in [3.8, 4) is 12.3 Å². The standard InChI is InChI=1S/C22H39N3O/c1-3-4-5-6-7-8-9-10-11-12-13-14-15-16-17-18-21(26)23-20-19-22(2)24-25-22/h1H,4-20H2,2H3,(H,23,26). The predicted octanol–water partition coefficient (Wildman–Crippen LogP) is 6.16. The van der Waals surface area contributed by atoms with Crippen molar-refractivity contribution in [1.29, 1.82) is 0 Å². The number of nitrogens with one attached hydrogen (secondary N) is 1. The summed E-state index contributed by atoms with van der Waals surface area (Å²) >= 11 is 0. The molecule has 0 aromatic rings. The van der Waals surface area contributed by atoms with Gasteiger partial charge in [-0.25, -0.2) is 0 Å². The number of hydrogen-bond donors (Lipinski definition) is 1. The maximum Gasteiger partial charge on any atom is 0.219 e. The maximum atomic E-state index is 11.7. The molecule has 0 saturated heterocycles. The second kappa shape index (κ2) is 14.8. The van der Waals surface area contributed by atoms with Gasteiger partial charge in [0.1, 0.15) is 0 Å². The van der Waals surface area contributed by atoms with Gasteiger partial charge in [-0.3, -0.25) is 4.79 Å². The van der Waals surface area contributed by atoms with Gasteiger partial charge in [0.25, 0.3) is 0 Å². The highest BCUT2D eigenvalue weighted by molar-refractivity contribution is 5.75. The Morgan fingerprint density at radius 3 is 1.77 bits per heavy atom. The van der Waals surface area contributed by atoms with Crippen LogP contribution in [0.5, 0.6) is 0 Å². The van der Waals surface area contributed by atoms with Crippen LogP contribution in [0.3, 0.4) is 0 Å². The van der Waals surface area contributed by atoms with E-state index in [0.717, 1.165) is 19.3 Å². The Labute approximate surface area is 161 Å². The summed E-state index contributed by atoms with van der Waals surface area (Å²) < 4.78 is 0. The van der Waals surface area contributed by atoms with Gasteiger partial charge in [0.2, 0.25) is 5.91 Å². The molecule has 0 aliphatic carbocycles. The molecule has 1 rings (SSSR count). The third-order valence-electron chi connectivity index (χ3n) is 5.09. The van der Waals surface area contributed by atoms with Crippen LogP contribution in [0.2, 0.25) is 0 Å². The smallest absolute Gasteiger partial charge is 0.219 e. The van der Waals surface area contributed by atoms with Gasteiger partial charge in [-0.2, -0.15) is 10.2 Å². The molecule has 0 saturated carbocycles. The van der Waals surface area contributed by atoms with Crippen LogP contribution in [0, 0.1) is 12.3 Å². The van der Waals surface area contributed by atoms with E-state index in [2.05, 4.69) is 21.5 Å². The van der Waals surface area contributed by atoms with E-state index < -0.39 is 0 Å². The molecule has 0 atom stereocenters. The molecule has 0 aromatic heterocycles. The van der Waals surface area contributed by atoms with Crippen molar-refractivity contribution in [2.24, 2.45) is 10.2 Å². The molecule has 1 heterocycles. The van der Waals surface area contributed by atoms with Gasteiger partial charge in [-0.1, -0.05) is 70.6 Å². The zero-order chi connectivity index (χ0) is 18.9. The highest BCUT2D eigenvalue weighted by Gasteiger charge is 2.32. The van der Waals surface area contributed by atoms with E-state index >= 15 is 0 Å². The average Bonchev–Trinajstić information content (AvgIpc) is 3.35. The lowest BCUT2D eigenvalue weighted by atomic mass is 10.0. The molecule has 148 valence electrons. The van der Waals surface area contributed by atoms with Gasteiger partial charge in [-0.05, 0) is 19.8 Å². The lowest BCUT2D eigenvalue weighted by Crippen LogP contribution is -2.26. The van der Waals surface area contributed by atoms with Crippen LogP contribution in [-0.4, -0.2) is 18.1 Å². The molecule has 4 heteroatoms. The fourth-order valence-electron chi connectivity index (χ4n) is 3.17. The number of hydrogen-bond acceptors (Lipinski definition) is 3. The highest BCUT2D eigenvalue weighted by atomic mass is 16.1. The van der Waals surface area contributed by atoms with Crippen LogP contribution in [0.1, 0.15) is 110 Å². The third-order valence-corrected chi connectivity index (χ3v) is 5.09. The van der Waals surface area contributed by atoms with Crippen LogP contribution >= 0.6 is 0 Å². The quantitative estimate of drug-likeness (QED) is 0.231. The second-order valence-electron chi connectivity index (χ2n) is 7.82. The van der Waals surface area contributed by atoms with Gasteiger partial charge < -0.3 is 5.32 Å². The van der Waals surface area contributed by atoms with E-state index in [-0.39, 0.29) is 11.6 Å². The van der Waals surface area contributed by atoms with E-state index in [1.807, 2.05) is 6.92 Å². The predicted molar refractivity (Wildman–Crippen MR) is 109 cm³/mol. The highest BCUT2D eigenvalue weighted by Crippen LogP contribution is 2.29. The first kappa shape index (κ1) is 22.7. The van der Waals surface area contributed by atoms with Crippen molar-refractivity contribution in [1.82, 2.24) is 5.32 Å².